The van der Waals surface area contributed by atoms with Crippen molar-refractivity contribution in [3.05, 3.63) is 40.9 Å². The highest BCUT2D eigenvalue weighted by Gasteiger charge is 2.27. The Balaban J connectivity index is 1.60. The number of aliphatic hydroxyl groups is 1. The molecule has 1 saturated heterocycles. The van der Waals surface area contributed by atoms with E-state index in [1.807, 2.05) is 43.3 Å². The van der Waals surface area contributed by atoms with Crippen LogP contribution in [0.5, 0.6) is 0 Å². The number of nitrogens with one attached hydrogen (secondary N) is 1. The number of amides is 1. The second-order valence-electron chi connectivity index (χ2n) is 6.87. The monoisotopic (exact) mass is 464 g/mol. The van der Waals surface area contributed by atoms with Crippen LogP contribution in [0.1, 0.15) is 26.2 Å². The van der Waals surface area contributed by atoms with Gasteiger partial charge < -0.3 is 15.3 Å². The molecule has 1 aromatic heterocycles. The number of aliphatic hydroxyl groups excluding tert-OH is 1. The molecule has 1 fully saturated rings. The molecule has 2 aromatic rings. The first-order valence-electron chi connectivity index (χ1n) is 9.52. The van der Waals surface area contributed by atoms with E-state index < -0.39 is 0 Å². The van der Waals surface area contributed by atoms with Crippen molar-refractivity contribution in [3.63, 3.8) is 0 Å². The maximum absolute atomic E-state index is 12.5. The second kappa shape index (κ2) is 10.2. The second-order valence-corrected chi connectivity index (χ2v) is 8.88. The lowest BCUT2D eigenvalue weighted by Crippen LogP contribution is -2.47. The van der Waals surface area contributed by atoms with Gasteiger partial charge in [0, 0.05) is 22.5 Å². The summed E-state index contributed by atoms with van der Waals surface area (Å²) >= 11 is 5.01. The number of rotatable bonds is 7. The Morgan fingerprint density at radius 2 is 2.11 bits per heavy atom. The van der Waals surface area contributed by atoms with Crippen LogP contribution in [0.2, 0.25) is 0 Å². The van der Waals surface area contributed by atoms with Crippen molar-refractivity contribution in [1.29, 1.82) is 0 Å². The fourth-order valence-electron chi connectivity index (χ4n) is 3.15. The normalized spacial score (nSPS) is 18.0. The third-order valence-corrected chi connectivity index (χ3v) is 6.30. The van der Waals surface area contributed by atoms with E-state index in [0.717, 1.165) is 46.0 Å². The van der Waals surface area contributed by atoms with Crippen molar-refractivity contribution in [1.82, 2.24) is 15.5 Å². The van der Waals surface area contributed by atoms with Crippen molar-refractivity contribution in [2.75, 3.05) is 24.6 Å². The van der Waals surface area contributed by atoms with E-state index >= 15 is 0 Å². The Morgan fingerprint density at radius 3 is 2.75 bits per heavy atom. The lowest BCUT2D eigenvalue weighted by atomic mass is 9.96. The number of hydrogen-bond acceptors (Lipinski definition) is 6. The summed E-state index contributed by atoms with van der Waals surface area (Å²) in [6, 6.07) is 11.8. The molecular weight excluding hydrogens is 440 g/mol. The molecule has 8 heteroatoms. The molecule has 1 aliphatic heterocycles. The fourth-order valence-corrected chi connectivity index (χ4v) is 4.15. The number of piperidine rings is 1. The van der Waals surface area contributed by atoms with Crippen LogP contribution in [0.3, 0.4) is 0 Å². The summed E-state index contributed by atoms with van der Waals surface area (Å²) in [4.78, 5) is 15.7. The van der Waals surface area contributed by atoms with Crippen LogP contribution in [0, 0.1) is 5.92 Å². The molecule has 3 rings (SSSR count). The van der Waals surface area contributed by atoms with Gasteiger partial charge in [0.25, 0.3) is 0 Å². The number of carbonyl (C=O) groups excluding carboxylic acids is 1. The van der Waals surface area contributed by atoms with Crippen LogP contribution in [0.15, 0.2) is 50.8 Å². The van der Waals surface area contributed by atoms with Gasteiger partial charge in [-0.1, -0.05) is 34.6 Å². The van der Waals surface area contributed by atoms with Crippen molar-refractivity contribution >= 4 is 39.4 Å². The first kappa shape index (κ1) is 21.1. The van der Waals surface area contributed by atoms with Gasteiger partial charge in [0.05, 0.1) is 18.6 Å². The molecule has 2 heterocycles. The average molecular weight is 465 g/mol. The molecule has 150 valence electrons. The molecule has 1 aromatic carbocycles. The van der Waals surface area contributed by atoms with E-state index in [1.165, 1.54) is 0 Å². The molecular formula is C20H25BrN4O2S. The Hall–Kier alpha value is -1.64. The number of anilines is 1. The highest BCUT2D eigenvalue weighted by Crippen LogP contribution is 2.28. The SMILES string of the molecule is CC[C@H](CO)NC(=O)C1CCCN(c2ccc(Sc3ccc(Br)cc3)nn2)C1. The molecule has 28 heavy (non-hydrogen) atoms. The summed E-state index contributed by atoms with van der Waals surface area (Å²) in [5.41, 5.74) is 0. The van der Waals surface area contributed by atoms with Gasteiger partial charge in [-0.3, -0.25) is 4.79 Å². The Morgan fingerprint density at radius 1 is 1.32 bits per heavy atom. The Kier molecular flexibility index (Phi) is 7.70. The van der Waals surface area contributed by atoms with Crippen molar-refractivity contribution in [2.24, 2.45) is 5.92 Å². The van der Waals surface area contributed by atoms with Gasteiger partial charge in [-0.2, -0.15) is 0 Å². The minimum atomic E-state index is -0.169. The highest BCUT2D eigenvalue weighted by atomic mass is 79.9. The van der Waals surface area contributed by atoms with Gasteiger partial charge in [0.2, 0.25) is 5.91 Å². The smallest absolute Gasteiger partial charge is 0.225 e. The number of nitrogens with zero attached hydrogens (tertiary/aromatic N) is 3. The van der Waals surface area contributed by atoms with E-state index in [1.54, 1.807) is 11.8 Å². The first-order chi connectivity index (χ1) is 13.6. The van der Waals surface area contributed by atoms with Crippen LogP contribution < -0.4 is 10.2 Å². The third kappa shape index (κ3) is 5.68. The van der Waals surface area contributed by atoms with Crippen molar-refractivity contribution in [2.45, 2.75) is 42.1 Å². The van der Waals surface area contributed by atoms with E-state index in [4.69, 9.17) is 0 Å². The molecule has 1 amide bonds. The average Bonchev–Trinajstić information content (AvgIpc) is 2.74. The van der Waals surface area contributed by atoms with Gasteiger partial charge in [0.1, 0.15) is 5.03 Å². The van der Waals surface area contributed by atoms with E-state index in [9.17, 15) is 9.90 Å². The number of halogens is 1. The standard InChI is InChI=1S/C20H25BrN4O2S/c1-2-16(13-26)22-20(27)14-4-3-11-25(12-14)18-9-10-19(24-23-18)28-17-7-5-15(21)6-8-17/h5-10,14,16,26H,2-4,11-13H2,1H3,(H,22,27)/t14?,16-/m1/s1. The van der Waals surface area contributed by atoms with Gasteiger partial charge in [-0.05, 0) is 55.7 Å². The zero-order valence-corrected chi connectivity index (χ0v) is 18.2. The number of benzene rings is 1. The van der Waals surface area contributed by atoms with E-state index in [2.05, 4.69) is 36.3 Å². The molecule has 1 unspecified atom stereocenters. The molecule has 0 spiro atoms. The largest absolute Gasteiger partial charge is 0.394 e. The highest BCUT2D eigenvalue weighted by molar-refractivity contribution is 9.10. The summed E-state index contributed by atoms with van der Waals surface area (Å²) < 4.78 is 1.05. The van der Waals surface area contributed by atoms with Crippen LogP contribution in [0.25, 0.3) is 0 Å². The molecule has 6 nitrogen and oxygen atoms in total. The molecule has 1 aliphatic rings. The summed E-state index contributed by atoms with van der Waals surface area (Å²) in [6.45, 7) is 3.43. The Labute approximate surface area is 178 Å². The van der Waals surface area contributed by atoms with Gasteiger partial charge >= 0.3 is 0 Å². The summed E-state index contributed by atoms with van der Waals surface area (Å²) in [7, 11) is 0. The Bertz CT molecular complexity index is 769. The predicted octanol–water partition coefficient (Wildman–Crippen LogP) is 3.49. The summed E-state index contributed by atoms with van der Waals surface area (Å²) in [5.74, 6) is 0.723. The van der Waals surface area contributed by atoms with Crippen LogP contribution in [0.4, 0.5) is 5.82 Å². The molecule has 0 aliphatic carbocycles. The predicted molar refractivity (Wildman–Crippen MR) is 115 cm³/mol. The topological polar surface area (TPSA) is 78.4 Å². The van der Waals surface area contributed by atoms with E-state index in [0.29, 0.717) is 6.54 Å². The van der Waals surface area contributed by atoms with Crippen LogP contribution in [-0.2, 0) is 4.79 Å². The maximum atomic E-state index is 12.5. The number of carbonyl (C=O) groups is 1. The van der Waals surface area contributed by atoms with E-state index in [-0.39, 0.29) is 24.5 Å². The van der Waals surface area contributed by atoms with Gasteiger partial charge in [-0.25, -0.2) is 0 Å². The van der Waals surface area contributed by atoms with Crippen molar-refractivity contribution < 1.29 is 9.90 Å². The minimum Gasteiger partial charge on any atom is -0.394 e. The molecule has 0 radical (unpaired) electrons. The van der Waals surface area contributed by atoms with Crippen molar-refractivity contribution in [3.8, 4) is 0 Å². The number of aromatic nitrogens is 2. The third-order valence-electron chi connectivity index (χ3n) is 4.84. The quantitative estimate of drug-likeness (QED) is 0.652. The molecule has 0 bridgehead atoms. The summed E-state index contributed by atoms with van der Waals surface area (Å²) in [6.07, 6.45) is 2.52. The first-order valence-corrected chi connectivity index (χ1v) is 11.1. The lowest BCUT2D eigenvalue weighted by molar-refractivity contribution is -0.126. The lowest BCUT2D eigenvalue weighted by Gasteiger charge is -2.33. The minimum absolute atomic E-state index is 0.0148. The molecule has 2 atom stereocenters. The zero-order valence-electron chi connectivity index (χ0n) is 15.8. The number of hydrogen-bond donors (Lipinski definition) is 2. The van der Waals surface area contributed by atoms with Crippen LogP contribution in [-0.4, -0.2) is 46.9 Å². The van der Waals surface area contributed by atoms with Gasteiger partial charge in [0.15, 0.2) is 5.82 Å². The fraction of sp³-hybridized carbons (Fsp3) is 0.450. The molecule has 2 N–H and O–H groups in total. The maximum Gasteiger partial charge on any atom is 0.225 e. The summed E-state index contributed by atoms with van der Waals surface area (Å²) in [5, 5.41) is 21.8. The molecule has 0 saturated carbocycles. The van der Waals surface area contributed by atoms with Gasteiger partial charge in [-0.15, -0.1) is 10.2 Å². The zero-order chi connectivity index (χ0) is 19.9. The van der Waals surface area contributed by atoms with Crippen LogP contribution >= 0.6 is 27.7 Å².